The first-order valence-corrected chi connectivity index (χ1v) is 16.1. The number of fused-ring (bicyclic) bond motifs is 1. The number of ether oxygens (including phenoxy) is 6. The molecule has 3 saturated heterocycles. The molecule has 0 spiro atoms. The van der Waals surface area contributed by atoms with Crippen molar-refractivity contribution in [1.29, 1.82) is 0 Å². The molecule has 4 heterocycles. The van der Waals surface area contributed by atoms with Gasteiger partial charge in [0, 0.05) is 24.3 Å². The molecule has 6 rings (SSSR count). The van der Waals surface area contributed by atoms with E-state index in [1.54, 1.807) is 0 Å². The van der Waals surface area contributed by atoms with Crippen LogP contribution in [0.1, 0.15) is 0 Å². The van der Waals surface area contributed by atoms with Crippen molar-refractivity contribution >= 4 is 11.0 Å². The summed E-state index contributed by atoms with van der Waals surface area (Å²) < 4.78 is 40.1. The summed E-state index contributed by atoms with van der Waals surface area (Å²) in [7, 11) is 0. The van der Waals surface area contributed by atoms with Gasteiger partial charge in [0.25, 0.3) is 0 Å². The molecule has 0 saturated carbocycles. The smallest absolute Gasteiger partial charge is 0.402 e. The quantitative estimate of drug-likeness (QED) is 0.0730. The van der Waals surface area contributed by atoms with E-state index in [9.17, 15) is 71.5 Å². The molecule has 3 aliphatic heterocycles. The van der Waals surface area contributed by atoms with Crippen LogP contribution in [-0.4, -0.2) is 177 Å². The summed E-state index contributed by atoms with van der Waals surface area (Å²) in [6, 6.07) is 5.20. The van der Waals surface area contributed by atoms with Crippen molar-refractivity contribution in [1.82, 2.24) is 0 Å². The van der Waals surface area contributed by atoms with Crippen molar-refractivity contribution < 1.29 is 104 Å². The van der Waals surface area contributed by atoms with E-state index >= 15 is 0 Å². The monoisotopic (exact) mass is 759 g/mol. The molecular formula is C32H39O21+. The Hall–Kier alpha value is -3.91. The molecule has 2 aromatic carbocycles. The van der Waals surface area contributed by atoms with Gasteiger partial charge in [-0.15, -0.1) is 0 Å². The molecule has 14 N–H and O–H groups in total. The number of aliphatic hydroxyl groups excluding tert-OH is 10. The minimum Gasteiger partial charge on any atom is -0.507 e. The maximum Gasteiger partial charge on any atom is 0.402 e. The number of phenolic OH excluding ortho intramolecular Hbond substituents is 4. The van der Waals surface area contributed by atoms with Crippen LogP contribution in [0.15, 0.2) is 34.7 Å². The Balaban J connectivity index is 1.45. The Morgan fingerprint density at radius 3 is 1.85 bits per heavy atom. The van der Waals surface area contributed by atoms with E-state index in [0.717, 1.165) is 24.3 Å². The average molecular weight is 760 g/mol. The predicted octanol–water partition coefficient (Wildman–Crippen LogP) is -3.98. The number of aromatic hydroxyl groups is 4. The Bertz CT molecular complexity index is 1730. The molecule has 3 aromatic rings. The van der Waals surface area contributed by atoms with Crippen molar-refractivity contribution in [2.75, 3.05) is 19.8 Å². The predicted molar refractivity (Wildman–Crippen MR) is 168 cm³/mol. The molecule has 21 nitrogen and oxygen atoms in total. The van der Waals surface area contributed by atoms with Crippen LogP contribution in [0.3, 0.4) is 0 Å². The maximum atomic E-state index is 11.1. The van der Waals surface area contributed by atoms with Gasteiger partial charge in [-0.3, -0.25) is 0 Å². The molecule has 3 aliphatic rings. The zero-order valence-corrected chi connectivity index (χ0v) is 27.2. The van der Waals surface area contributed by atoms with Crippen LogP contribution in [0, 0.1) is 0 Å². The zero-order chi connectivity index (χ0) is 38.5. The zero-order valence-electron chi connectivity index (χ0n) is 27.2. The van der Waals surface area contributed by atoms with Crippen molar-refractivity contribution in [3.05, 3.63) is 30.3 Å². The van der Waals surface area contributed by atoms with Gasteiger partial charge in [0.15, 0.2) is 29.6 Å². The maximum absolute atomic E-state index is 11.1. The van der Waals surface area contributed by atoms with Gasteiger partial charge in [0.05, 0.1) is 31.5 Å². The minimum atomic E-state index is -1.93. The van der Waals surface area contributed by atoms with Crippen LogP contribution in [0.5, 0.6) is 34.5 Å². The topological polar surface area (TPSA) is 350 Å². The van der Waals surface area contributed by atoms with Gasteiger partial charge in [0.1, 0.15) is 77.9 Å². The minimum absolute atomic E-state index is 0.0820. The molecular weight excluding hydrogens is 720 g/mol. The van der Waals surface area contributed by atoms with Crippen LogP contribution in [0.25, 0.3) is 22.3 Å². The highest BCUT2D eigenvalue weighted by Crippen LogP contribution is 2.45. The molecule has 0 radical (unpaired) electrons. The molecule has 53 heavy (non-hydrogen) atoms. The summed E-state index contributed by atoms with van der Waals surface area (Å²) in [5.74, 6) is -4.11. The van der Waals surface area contributed by atoms with Crippen LogP contribution < -0.4 is 9.47 Å². The van der Waals surface area contributed by atoms with E-state index in [2.05, 4.69) is 0 Å². The van der Waals surface area contributed by atoms with Gasteiger partial charge < -0.3 is 99.9 Å². The summed E-state index contributed by atoms with van der Waals surface area (Å²) in [5.41, 5.74) is -0.378. The largest absolute Gasteiger partial charge is 0.507 e. The van der Waals surface area contributed by atoms with Gasteiger partial charge in [-0.2, -0.15) is 0 Å². The lowest BCUT2D eigenvalue weighted by Gasteiger charge is -2.44. The first-order valence-electron chi connectivity index (χ1n) is 16.1. The fourth-order valence-electron chi connectivity index (χ4n) is 6.06. The first-order chi connectivity index (χ1) is 25.1. The lowest BCUT2D eigenvalue weighted by Crippen LogP contribution is -2.63. The number of phenols is 4. The highest BCUT2D eigenvalue weighted by Gasteiger charge is 2.51. The summed E-state index contributed by atoms with van der Waals surface area (Å²) >= 11 is 0. The highest BCUT2D eigenvalue weighted by atomic mass is 16.8. The Morgan fingerprint density at radius 2 is 1.21 bits per heavy atom. The first kappa shape index (κ1) is 38.8. The van der Waals surface area contributed by atoms with Gasteiger partial charge in [-0.25, -0.2) is 4.42 Å². The molecule has 0 amide bonds. The lowest BCUT2D eigenvalue weighted by atomic mass is 9.98. The van der Waals surface area contributed by atoms with Crippen molar-refractivity contribution in [2.45, 2.75) is 86.0 Å². The molecule has 1 aromatic heterocycles. The van der Waals surface area contributed by atoms with E-state index in [0.29, 0.717) is 0 Å². The number of hydrogen-bond acceptors (Lipinski definition) is 20. The second-order valence-corrected chi connectivity index (χ2v) is 12.6. The normalized spacial score (nSPS) is 36.3. The van der Waals surface area contributed by atoms with E-state index in [1.165, 1.54) is 6.07 Å². The second-order valence-electron chi connectivity index (χ2n) is 12.6. The van der Waals surface area contributed by atoms with Gasteiger partial charge in [0.2, 0.25) is 18.3 Å². The third kappa shape index (κ3) is 7.45. The number of hydrogen-bond donors (Lipinski definition) is 14. The van der Waals surface area contributed by atoms with Crippen molar-refractivity contribution in [3.8, 4) is 45.8 Å². The molecule has 292 valence electrons. The Kier molecular flexibility index (Phi) is 11.3. The highest BCUT2D eigenvalue weighted by molar-refractivity contribution is 5.89. The Labute approximate surface area is 297 Å². The third-order valence-electron chi connectivity index (χ3n) is 9.04. The molecule has 3 fully saturated rings. The average Bonchev–Trinajstić information content (AvgIpc) is 3.13. The van der Waals surface area contributed by atoms with E-state index in [4.69, 9.17) is 32.8 Å². The molecule has 14 atom stereocenters. The van der Waals surface area contributed by atoms with Gasteiger partial charge >= 0.3 is 11.3 Å². The molecule has 0 unspecified atom stereocenters. The fraction of sp³-hybridized carbons (Fsp3) is 0.531. The SMILES string of the molecule is OC[C@H]1O[C@@H](Oc2cc3c(O[C@@H]4O[C@H](CO)[C@@H](O)[C@H](O)[C@H]4O)cc(O)cc3[o+]c2-c2cc(O)c(O)c(O)c2)[C@H](O[C@H]2OC[C@@H](O)[C@@H](O)[C@H]2O)[C@@H](O)[C@H]1O. The van der Waals surface area contributed by atoms with E-state index in [-0.39, 0.29) is 28.0 Å². The lowest BCUT2D eigenvalue weighted by molar-refractivity contribution is -0.344. The third-order valence-corrected chi connectivity index (χ3v) is 9.04. The molecule has 0 aliphatic carbocycles. The molecule has 0 bridgehead atoms. The fourth-order valence-corrected chi connectivity index (χ4v) is 6.06. The molecule has 21 heteroatoms. The van der Waals surface area contributed by atoms with Crippen LogP contribution in [0.4, 0.5) is 0 Å². The van der Waals surface area contributed by atoms with E-state index in [1.807, 2.05) is 0 Å². The van der Waals surface area contributed by atoms with E-state index < -0.39 is 135 Å². The van der Waals surface area contributed by atoms with Gasteiger partial charge in [-0.05, 0) is 0 Å². The summed E-state index contributed by atoms with van der Waals surface area (Å²) in [4.78, 5) is 0. The summed E-state index contributed by atoms with van der Waals surface area (Å²) in [5, 5.41) is 144. The summed E-state index contributed by atoms with van der Waals surface area (Å²) in [6.07, 6.45) is -24.3. The van der Waals surface area contributed by atoms with Gasteiger partial charge in [-0.1, -0.05) is 0 Å². The van der Waals surface area contributed by atoms with Crippen LogP contribution in [-0.2, 0) is 18.9 Å². The van der Waals surface area contributed by atoms with Crippen molar-refractivity contribution in [2.24, 2.45) is 0 Å². The van der Waals surface area contributed by atoms with Crippen molar-refractivity contribution in [3.63, 3.8) is 0 Å². The standard InChI is InChI=1S/C32H38O21/c33-6-18-22(41)24(43)27(46)31(51-18)49-16-4-10(35)3-15-11(16)5-17(28(48-15)9-1-12(36)20(39)13(37)2-9)50-32-29(25(44)23(42)19(7-34)52-32)53-30-26(45)21(40)14(38)8-47-30/h1-5,14,18-19,21-27,29-34,38,40-46H,6-8H2,(H3-,35,36,37,39)/p+1/t14-,18-,19-,21-,22-,23+,24+,25+,26-,27-,29-,30-,31-,32-/m1/s1. The van der Waals surface area contributed by atoms with Crippen LogP contribution >= 0.6 is 0 Å². The Morgan fingerprint density at radius 1 is 0.623 bits per heavy atom. The summed E-state index contributed by atoms with van der Waals surface area (Å²) in [6.45, 7) is -2.15. The number of aliphatic hydroxyl groups is 10. The van der Waals surface area contributed by atoms with Crippen LogP contribution in [0.2, 0.25) is 0 Å². The number of rotatable bonds is 9. The second kappa shape index (κ2) is 15.4. The number of benzene rings is 2.